The van der Waals surface area contributed by atoms with Crippen molar-refractivity contribution in [3.8, 4) is 11.4 Å². The molecule has 1 atom stereocenters. The highest BCUT2D eigenvalue weighted by atomic mass is 16.5. The van der Waals surface area contributed by atoms with Crippen LogP contribution in [0.4, 0.5) is 0 Å². The van der Waals surface area contributed by atoms with Crippen LogP contribution >= 0.6 is 0 Å². The van der Waals surface area contributed by atoms with Gasteiger partial charge in [0.2, 0.25) is 0 Å². The number of nitrogens with one attached hydrogen (secondary N) is 1. The molecule has 5 nitrogen and oxygen atoms in total. The van der Waals surface area contributed by atoms with Crippen LogP contribution in [0.2, 0.25) is 0 Å². The Morgan fingerprint density at radius 1 is 1.12 bits per heavy atom. The Hall–Kier alpha value is -3.08. The van der Waals surface area contributed by atoms with Crippen LogP contribution in [-0.4, -0.2) is 29.3 Å². The highest BCUT2D eigenvalue weighted by Crippen LogP contribution is 2.20. The Morgan fingerprint density at radius 3 is 2.40 bits per heavy atom. The zero-order valence-corrected chi connectivity index (χ0v) is 14.3. The molecule has 25 heavy (non-hydrogen) atoms. The summed E-state index contributed by atoms with van der Waals surface area (Å²) in [6.45, 7) is 2.61. The van der Waals surface area contributed by atoms with E-state index in [4.69, 9.17) is 4.74 Å². The van der Waals surface area contributed by atoms with Crippen molar-refractivity contribution in [1.29, 1.82) is 0 Å². The van der Waals surface area contributed by atoms with E-state index in [1.165, 1.54) is 12.7 Å². The molecule has 1 amide bonds. The largest absolute Gasteiger partial charge is 0.493 e. The summed E-state index contributed by atoms with van der Waals surface area (Å²) in [5.41, 5.74) is 2.34. The molecule has 0 spiro atoms. The minimum atomic E-state index is -0.241. The lowest BCUT2D eigenvalue weighted by Gasteiger charge is -2.12. The number of rotatable bonds is 6. The number of methoxy groups -OCH3 is 1. The van der Waals surface area contributed by atoms with Gasteiger partial charge in [0.15, 0.2) is 11.4 Å². The number of carbonyl (C=O) groups is 1. The summed E-state index contributed by atoms with van der Waals surface area (Å²) in [7, 11) is 1.54. The van der Waals surface area contributed by atoms with E-state index in [-0.39, 0.29) is 17.5 Å². The summed E-state index contributed by atoms with van der Waals surface area (Å²) < 4.78 is 6.96. The van der Waals surface area contributed by atoms with E-state index in [9.17, 15) is 4.79 Å². The summed E-state index contributed by atoms with van der Waals surface area (Å²) in [6.07, 6.45) is 1.71. The van der Waals surface area contributed by atoms with Gasteiger partial charge in [-0.3, -0.25) is 4.79 Å². The maximum atomic E-state index is 12.5. The van der Waals surface area contributed by atoms with Crippen molar-refractivity contribution in [3.05, 3.63) is 78.1 Å². The fraction of sp³-hybridized carbons (Fsp3) is 0.200. The number of benzene rings is 2. The zero-order chi connectivity index (χ0) is 17.6. The first kappa shape index (κ1) is 16.8. The van der Waals surface area contributed by atoms with Crippen molar-refractivity contribution in [1.82, 2.24) is 15.1 Å². The summed E-state index contributed by atoms with van der Waals surface area (Å²) in [6, 6.07) is 19.7. The van der Waals surface area contributed by atoms with Crippen molar-refractivity contribution in [2.45, 2.75) is 12.8 Å². The zero-order valence-electron chi connectivity index (χ0n) is 14.3. The third-order valence-corrected chi connectivity index (χ3v) is 4.07. The first-order valence-electron chi connectivity index (χ1n) is 8.21. The molecule has 0 aliphatic rings. The minimum absolute atomic E-state index is 0.215. The van der Waals surface area contributed by atoms with Gasteiger partial charge in [-0.15, -0.1) is 0 Å². The normalized spacial score (nSPS) is 11.8. The quantitative estimate of drug-likeness (QED) is 0.751. The first-order chi connectivity index (χ1) is 12.2. The summed E-state index contributed by atoms with van der Waals surface area (Å²) in [5, 5.41) is 7.32. The molecule has 128 valence electrons. The minimum Gasteiger partial charge on any atom is -0.493 e. The van der Waals surface area contributed by atoms with Crippen molar-refractivity contribution >= 4 is 5.91 Å². The van der Waals surface area contributed by atoms with E-state index in [1.54, 1.807) is 10.9 Å². The molecule has 2 aromatic carbocycles. The number of amides is 1. The van der Waals surface area contributed by atoms with Crippen molar-refractivity contribution in [2.75, 3.05) is 13.7 Å². The number of ether oxygens (including phenoxy) is 1. The molecule has 0 bridgehead atoms. The molecule has 0 aliphatic heterocycles. The molecule has 0 fully saturated rings. The van der Waals surface area contributed by atoms with Gasteiger partial charge in [0.1, 0.15) is 0 Å². The molecule has 0 saturated heterocycles. The lowest BCUT2D eigenvalue weighted by molar-refractivity contribution is 0.0943. The van der Waals surface area contributed by atoms with Gasteiger partial charge in [-0.05, 0) is 23.6 Å². The summed E-state index contributed by atoms with van der Waals surface area (Å²) in [5.74, 6) is 0.426. The fourth-order valence-electron chi connectivity index (χ4n) is 2.61. The monoisotopic (exact) mass is 335 g/mol. The Balaban J connectivity index is 1.72. The van der Waals surface area contributed by atoms with E-state index in [1.807, 2.05) is 48.5 Å². The molecular formula is C20H21N3O2. The average Bonchev–Trinajstić information content (AvgIpc) is 3.12. The van der Waals surface area contributed by atoms with E-state index < -0.39 is 0 Å². The van der Waals surface area contributed by atoms with Crippen molar-refractivity contribution < 1.29 is 9.53 Å². The lowest BCUT2D eigenvalue weighted by atomic mass is 10.0. The molecule has 0 saturated carbocycles. The second kappa shape index (κ2) is 7.66. The molecule has 0 aliphatic carbocycles. The van der Waals surface area contributed by atoms with Crippen molar-refractivity contribution in [2.24, 2.45) is 0 Å². The van der Waals surface area contributed by atoms with Gasteiger partial charge in [-0.2, -0.15) is 5.10 Å². The standard InChI is InChI=1S/C20H21N3O2/c1-15(16-9-5-3-6-10-16)13-21-20(24)19-18(25-2)14-23(22-19)17-11-7-4-8-12-17/h3-12,14-15H,13H2,1-2H3,(H,21,24)/t15-/m0/s1. The van der Waals surface area contributed by atoms with Gasteiger partial charge in [0, 0.05) is 6.54 Å². The number of hydrogen-bond acceptors (Lipinski definition) is 3. The van der Waals surface area contributed by atoms with Gasteiger partial charge in [-0.1, -0.05) is 55.5 Å². The Labute approximate surface area is 147 Å². The second-order valence-electron chi connectivity index (χ2n) is 5.85. The summed E-state index contributed by atoms with van der Waals surface area (Å²) >= 11 is 0. The summed E-state index contributed by atoms with van der Waals surface area (Å²) in [4.78, 5) is 12.5. The van der Waals surface area contributed by atoms with Gasteiger partial charge in [0.05, 0.1) is 19.0 Å². The number of hydrogen-bond donors (Lipinski definition) is 1. The maximum absolute atomic E-state index is 12.5. The lowest BCUT2D eigenvalue weighted by Crippen LogP contribution is -2.28. The smallest absolute Gasteiger partial charge is 0.275 e. The molecule has 1 heterocycles. The maximum Gasteiger partial charge on any atom is 0.275 e. The van der Waals surface area contributed by atoms with Crippen LogP contribution < -0.4 is 10.1 Å². The number of para-hydroxylation sites is 1. The second-order valence-corrected chi connectivity index (χ2v) is 5.85. The van der Waals surface area contributed by atoms with Crippen LogP contribution in [-0.2, 0) is 0 Å². The van der Waals surface area contributed by atoms with Crippen LogP contribution in [0.15, 0.2) is 66.9 Å². The van der Waals surface area contributed by atoms with Crippen LogP contribution in [0, 0.1) is 0 Å². The Morgan fingerprint density at radius 2 is 1.76 bits per heavy atom. The molecule has 3 aromatic rings. The van der Waals surface area contributed by atoms with Crippen LogP contribution in [0.5, 0.6) is 5.75 Å². The van der Waals surface area contributed by atoms with Gasteiger partial charge in [-0.25, -0.2) is 4.68 Å². The fourth-order valence-corrected chi connectivity index (χ4v) is 2.61. The van der Waals surface area contributed by atoms with E-state index >= 15 is 0 Å². The van der Waals surface area contributed by atoms with Gasteiger partial charge < -0.3 is 10.1 Å². The topological polar surface area (TPSA) is 56.2 Å². The van der Waals surface area contributed by atoms with E-state index in [2.05, 4.69) is 29.5 Å². The SMILES string of the molecule is COc1cn(-c2ccccc2)nc1C(=O)NC[C@H](C)c1ccccc1. The van der Waals surface area contributed by atoms with Crippen LogP contribution in [0.1, 0.15) is 28.9 Å². The highest BCUT2D eigenvalue weighted by Gasteiger charge is 2.19. The predicted octanol–water partition coefficient (Wildman–Crippen LogP) is 3.41. The molecule has 1 N–H and O–H groups in total. The van der Waals surface area contributed by atoms with Crippen molar-refractivity contribution in [3.63, 3.8) is 0 Å². The first-order valence-corrected chi connectivity index (χ1v) is 8.21. The molecule has 0 unspecified atom stereocenters. The number of nitrogens with zero attached hydrogens (tertiary/aromatic N) is 2. The number of aromatic nitrogens is 2. The molecule has 0 radical (unpaired) electrons. The number of carbonyl (C=O) groups excluding carboxylic acids is 1. The molecule has 5 heteroatoms. The highest BCUT2D eigenvalue weighted by molar-refractivity contribution is 5.95. The van der Waals surface area contributed by atoms with Crippen LogP contribution in [0.25, 0.3) is 5.69 Å². The Bertz CT molecular complexity index is 829. The van der Waals surface area contributed by atoms with Gasteiger partial charge >= 0.3 is 0 Å². The van der Waals surface area contributed by atoms with E-state index in [0.29, 0.717) is 12.3 Å². The molecule has 3 rings (SSSR count). The Kier molecular flexibility index (Phi) is 5.14. The predicted molar refractivity (Wildman–Crippen MR) is 97.3 cm³/mol. The third-order valence-electron chi connectivity index (χ3n) is 4.07. The molecule has 1 aromatic heterocycles. The third kappa shape index (κ3) is 3.88. The van der Waals surface area contributed by atoms with Gasteiger partial charge in [0.25, 0.3) is 5.91 Å². The van der Waals surface area contributed by atoms with Crippen LogP contribution in [0.3, 0.4) is 0 Å². The average molecular weight is 335 g/mol. The van der Waals surface area contributed by atoms with E-state index in [0.717, 1.165) is 5.69 Å². The molecular weight excluding hydrogens is 314 g/mol.